The number of aromatic hydroxyl groups is 1. The van der Waals surface area contributed by atoms with Gasteiger partial charge in [0.25, 0.3) is 0 Å². The third-order valence-corrected chi connectivity index (χ3v) is 2.75. The van der Waals surface area contributed by atoms with Gasteiger partial charge in [-0.2, -0.15) is 5.10 Å². The summed E-state index contributed by atoms with van der Waals surface area (Å²) >= 11 is 5.95. The number of hydrogen-bond acceptors (Lipinski definition) is 4. The lowest BCUT2D eigenvalue weighted by Gasteiger charge is -2.09. The average Bonchev–Trinajstić information content (AvgIpc) is 2.63. The average molecular weight is 254 g/mol. The van der Waals surface area contributed by atoms with Crippen molar-refractivity contribution in [1.29, 1.82) is 0 Å². The molecule has 0 amide bonds. The Morgan fingerprint density at radius 2 is 2.12 bits per heavy atom. The fourth-order valence-electron chi connectivity index (χ4n) is 1.59. The molecule has 6 heteroatoms. The maximum Gasteiger partial charge on any atom is 0.165 e. The van der Waals surface area contributed by atoms with Gasteiger partial charge < -0.3 is 15.6 Å². The van der Waals surface area contributed by atoms with Crippen molar-refractivity contribution in [1.82, 2.24) is 9.78 Å². The number of benzene rings is 1. The van der Waals surface area contributed by atoms with Crippen molar-refractivity contribution in [2.24, 2.45) is 7.05 Å². The molecule has 0 aliphatic heterocycles. The molecule has 1 aromatic carbocycles. The van der Waals surface area contributed by atoms with E-state index in [0.29, 0.717) is 27.7 Å². The molecule has 0 atom stereocenters. The van der Waals surface area contributed by atoms with Gasteiger partial charge in [0.1, 0.15) is 5.82 Å². The minimum Gasteiger partial charge on any atom is -0.504 e. The highest BCUT2D eigenvalue weighted by Gasteiger charge is 2.16. The summed E-state index contributed by atoms with van der Waals surface area (Å²) in [6, 6.07) is 3.15. The highest BCUT2D eigenvalue weighted by Crippen LogP contribution is 2.41. The minimum absolute atomic E-state index is 0.00315. The van der Waals surface area contributed by atoms with Crippen LogP contribution in [0.1, 0.15) is 0 Å². The molecule has 0 spiro atoms. The Bertz CT molecular complexity index is 566. The van der Waals surface area contributed by atoms with Crippen LogP contribution in [0, 0.1) is 0 Å². The number of rotatable bonds is 2. The zero-order valence-corrected chi connectivity index (χ0v) is 10.2. The van der Waals surface area contributed by atoms with E-state index < -0.39 is 0 Å². The fourth-order valence-corrected chi connectivity index (χ4v) is 1.80. The molecule has 0 saturated carbocycles. The Morgan fingerprint density at radius 3 is 2.65 bits per heavy atom. The molecule has 0 aliphatic rings. The summed E-state index contributed by atoms with van der Waals surface area (Å²) in [5, 5.41) is 14.5. The molecule has 90 valence electrons. The Balaban J connectivity index is 2.67. The number of methoxy groups -OCH3 is 1. The molecule has 17 heavy (non-hydrogen) atoms. The molecule has 0 unspecified atom stereocenters. The number of hydrogen-bond donors (Lipinski definition) is 2. The van der Waals surface area contributed by atoms with Crippen LogP contribution in [0.2, 0.25) is 5.02 Å². The maximum absolute atomic E-state index is 10.0. The first-order valence-corrected chi connectivity index (χ1v) is 5.26. The van der Waals surface area contributed by atoms with Crippen molar-refractivity contribution in [3.05, 3.63) is 23.4 Å². The Kier molecular flexibility index (Phi) is 2.85. The number of nitrogen functional groups attached to an aromatic ring is 1. The van der Waals surface area contributed by atoms with Crippen molar-refractivity contribution in [2.45, 2.75) is 0 Å². The van der Waals surface area contributed by atoms with Gasteiger partial charge in [-0.05, 0) is 6.07 Å². The molecule has 0 saturated heterocycles. The lowest BCUT2D eigenvalue weighted by atomic mass is 10.1. The van der Waals surface area contributed by atoms with Crippen molar-refractivity contribution in [2.75, 3.05) is 12.8 Å². The van der Waals surface area contributed by atoms with Crippen molar-refractivity contribution in [3.63, 3.8) is 0 Å². The number of nitrogens with zero attached hydrogens (tertiary/aromatic N) is 2. The molecule has 0 radical (unpaired) electrons. The molecule has 1 heterocycles. The van der Waals surface area contributed by atoms with Crippen LogP contribution in [-0.2, 0) is 7.05 Å². The van der Waals surface area contributed by atoms with Gasteiger partial charge in [-0.25, -0.2) is 0 Å². The summed E-state index contributed by atoms with van der Waals surface area (Å²) in [7, 11) is 3.18. The van der Waals surface area contributed by atoms with Gasteiger partial charge in [0.2, 0.25) is 0 Å². The standard InChI is InChI=1S/C11H12ClN3O2/c1-15-11(13)8(5-14-15)7-3-6(12)4-9(17-2)10(7)16/h3-5,16H,13H2,1-2H3. The highest BCUT2D eigenvalue weighted by molar-refractivity contribution is 6.31. The molecular weight excluding hydrogens is 242 g/mol. The zero-order chi connectivity index (χ0) is 12.6. The molecular formula is C11H12ClN3O2. The first-order chi connectivity index (χ1) is 8.04. The highest BCUT2D eigenvalue weighted by atomic mass is 35.5. The number of anilines is 1. The summed E-state index contributed by atoms with van der Waals surface area (Å²) < 4.78 is 6.55. The van der Waals surface area contributed by atoms with Crippen LogP contribution in [0.5, 0.6) is 11.5 Å². The van der Waals surface area contributed by atoms with E-state index in [1.807, 2.05) is 0 Å². The predicted molar refractivity (Wildman–Crippen MR) is 66.3 cm³/mol. The van der Waals surface area contributed by atoms with Gasteiger partial charge in [0.15, 0.2) is 11.5 Å². The van der Waals surface area contributed by atoms with E-state index in [4.69, 9.17) is 22.1 Å². The second kappa shape index (κ2) is 4.18. The summed E-state index contributed by atoms with van der Waals surface area (Å²) in [4.78, 5) is 0. The number of phenols is 1. The SMILES string of the molecule is COc1cc(Cl)cc(-c2cnn(C)c2N)c1O. The quantitative estimate of drug-likeness (QED) is 0.859. The molecule has 0 fully saturated rings. The minimum atomic E-state index is -0.00315. The van der Waals surface area contributed by atoms with Crippen molar-refractivity contribution < 1.29 is 9.84 Å². The van der Waals surface area contributed by atoms with Crippen LogP contribution in [0.3, 0.4) is 0 Å². The lowest BCUT2D eigenvalue weighted by Crippen LogP contribution is -1.98. The van der Waals surface area contributed by atoms with Crippen LogP contribution < -0.4 is 10.5 Å². The third-order valence-electron chi connectivity index (χ3n) is 2.53. The van der Waals surface area contributed by atoms with Crippen molar-refractivity contribution in [3.8, 4) is 22.6 Å². The van der Waals surface area contributed by atoms with Gasteiger partial charge in [-0.15, -0.1) is 0 Å². The van der Waals surface area contributed by atoms with Gasteiger partial charge >= 0.3 is 0 Å². The van der Waals surface area contributed by atoms with Crippen molar-refractivity contribution >= 4 is 17.4 Å². The van der Waals surface area contributed by atoms with E-state index in [-0.39, 0.29) is 5.75 Å². The number of nitrogens with two attached hydrogens (primary N) is 1. The van der Waals surface area contributed by atoms with Gasteiger partial charge in [-0.1, -0.05) is 11.6 Å². The second-order valence-electron chi connectivity index (χ2n) is 3.57. The van der Waals surface area contributed by atoms with E-state index in [1.54, 1.807) is 19.3 Å². The number of halogens is 1. The van der Waals surface area contributed by atoms with Crippen LogP contribution >= 0.6 is 11.6 Å². The van der Waals surface area contributed by atoms with Crippen LogP contribution in [0.4, 0.5) is 5.82 Å². The molecule has 3 N–H and O–H groups in total. The summed E-state index contributed by atoms with van der Waals surface area (Å²) in [5.41, 5.74) is 6.97. The van der Waals surface area contributed by atoms with E-state index in [1.165, 1.54) is 17.9 Å². The molecule has 2 rings (SSSR count). The van der Waals surface area contributed by atoms with E-state index >= 15 is 0 Å². The molecule has 5 nitrogen and oxygen atoms in total. The molecule has 1 aromatic heterocycles. The van der Waals surface area contributed by atoms with E-state index in [2.05, 4.69) is 5.10 Å². The van der Waals surface area contributed by atoms with Gasteiger partial charge in [0.05, 0.1) is 13.3 Å². The van der Waals surface area contributed by atoms with Crippen LogP contribution in [-0.4, -0.2) is 22.0 Å². The maximum atomic E-state index is 10.0. The number of aromatic nitrogens is 2. The first-order valence-electron chi connectivity index (χ1n) is 4.89. The van der Waals surface area contributed by atoms with E-state index in [9.17, 15) is 5.11 Å². The zero-order valence-electron chi connectivity index (χ0n) is 9.44. The molecule has 2 aromatic rings. The Hall–Kier alpha value is -1.88. The topological polar surface area (TPSA) is 73.3 Å². The van der Waals surface area contributed by atoms with E-state index in [0.717, 1.165) is 0 Å². The largest absolute Gasteiger partial charge is 0.504 e. The number of phenolic OH excluding ortho intramolecular Hbond substituents is 1. The number of ether oxygens (including phenoxy) is 1. The van der Waals surface area contributed by atoms with Gasteiger partial charge in [-0.3, -0.25) is 4.68 Å². The summed E-state index contributed by atoms with van der Waals surface area (Å²) in [6.07, 6.45) is 1.57. The lowest BCUT2D eigenvalue weighted by molar-refractivity contribution is 0.374. The smallest absolute Gasteiger partial charge is 0.165 e. The normalized spacial score (nSPS) is 10.5. The molecule has 0 aliphatic carbocycles. The first kappa shape index (κ1) is 11.6. The predicted octanol–water partition coefficient (Wildman–Crippen LogP) is 2.04. The molecule has 0 bridgehead atoms. The van der Waals surface area contributed by atoms with Crippen LogP contribution in [0.15, 0.2) is 18.3 Å². The number of aryl methyl sites for hydroxylation is 1. The summed E-state index contributed by atoms with van der Waals surface area (Å²) in [6.45, 7) is 0. The second-order valence-corrected chi connectivity index (χ2v) is 4.01. The fraction of sp³-hybridized carbons (Fsp3) is 0.182. The Morgan fingerprint density at radius 1 is 1.41 bits per heavy atom. The Labute approximate surface area is 103 Å². The third kappa shape index (κ3) is 1.89. The summed E-state index contributed by atoms with van der Waals surface area (Å²) in [5.74, 6) is 0.747. The van der Waals surface area contributed by atoms with Gasteiger partial charge in [0, 0.05) is 29.3 Å². The van der Waals surface area contributed by atoms with Crippen LogP contribution in [0.25, 0.3) is 11.1 Å². The monoisotopic (exact) mass is 253 g/mol.